The second kappa shape index (κ2) is 6.13. The van der Waals surface area contributed by atoms with Crippen molar-refractivity contribution in [3.8, 4) is 0 Å². The topological polar surface area (TPSA) is 86.7 Å². The lowest BCUT2D eigenvalue weighted by Crippen LogP contribution is -2.30. The first kappa shape index (κ1) is 15.9. The Morgan fingerprint density at radius 1 is 1.32 bits per heavy atom. The van der Waals surface area contributed by atoms with Gasteiger partial charge in [0.1, 0.15) is 5.82 Å². The summed E-state index contributed by atoms with van der Waals surface area (Å²) < 4.78 is 13.9. The molecule has 7 heteroatoms. The molecule has 2 N–H and O–H groups in total. The Morgan fingerprint density at radius 2 is 2.00 bits per heavy atom. The zero-order chi connectivity index (χ0) is 16.4. The highest BCUT2D eigenvalue weighted by atomic mass is 19.1. The average Bonchev–Trinajstić information content (AvgIpc) is 2.82. The van der Waals surface area contributed by atoms with Crippen LogP contribution in [0.2, 0.25) is 0 Å². The molecule has 1 saturated heterocycles. The Labute approximate surface area is 126 Å². The van der Waals surface area contributed by atoms with Gasteiger partial charge in [0.2, 0.25) is 5.91 Å². The van der Waals surface area contributed by atoms with E-state index in [2.05, 4.69) is 5.32 Å². The number of carbonyl (C=O) groups is 3. The van der Waals surface area contributed by atoms with Crippen molar-refractivity contribution in [3.63, 3.8) is 0 Å². The zero-order valence-electron chi connectivity index (χ0n) is 12.3. The van der Waals surface area contributed by atoms with E-state index in [1.165, 1.54) is 24.0 Å². The molecule has 6 nitrogen and oxygen atoms in total. The molecule has 0 aliphatic carbocycles. The largest absolute Gasteiger partial charge is 0.481 e. The van der Waals surface area contributed by atoms with Crippen molar-refractivity contribution in [2.24, 2.45) is 11.8 Å². The maximum Gasteiger partial charge on any atom is 0.308 e. The molecule has 118 valence electrons. The summed E-state index contributed by atoms with van der Waals surface area (Å²) in [6.45, 7) is 3.37. The van der Waals surface area contributed by atoms with E-state index >= 15 is 0 Å². The van der Waals surface area contributed by atoms with E-state index in [0.717, 1.165) is 6.07 Å². The highest BCUT2D eigenvalue weighted by Gasteiger charge is 2.37. The van der Waals surface area contributed by atoms with Gasteiger partial charge in [-0.15, -0.1) is 0 Å². The maximum absolute atomic E-state index is 13.9. The van der Waals surface area contributed by atoms with E-state index in [1.807, 2.05) is 0 Å². The Kier molecular flexibility index (Phi) is 4.44. The summed E-state index contributed by atoms with van der Waals surface area (Å²) in [5, 5.41) is 11.6. The number of halogens is 1. The summed E-state index contributed by atoms with van der Waals surface area (Å²) in [5.41, 5.74) is 0.142. The van der Waals surface area contributed by atoms with Crippen LogP contribution >= 0.6 is 0 Å². The Hall–Kier alpha value is -2.44. The molecule has 2 atom stereocenters. The number of hydrogen-bond donors (Lipinski definition) is 2. The minimum absolute atomic E-state index is 0.0547. The first-order valence-corrected chi connectivity index (χ1v) is 6.88. The van der Waals surface area contributed by atoms with Crippen molar-refractivity contribution in [2.45, 2.75) is 13.8 Å². The second-order valence-corrected chi connectivity index (χ2v) is 5.51. The number of nitrogens with zero attached hydrogens (tertiary/aromatic N) is 1. The van der Waals surface area contributed by atoms with Crippen molar-refractivity contribution in [3.05, 3.63) is 29.6 Å². The molecule has 2 amide bonds. The van der Waals surface area contributed by atoms with Gasteiger partial charge in [-0.3, -0.25) is 14.4 Å². The monoisotopic (exact) mass is 308 g/mol. The smallest absolute Gasteiger partial charge is 0.308 e. The third-order valence-electron chi connectivity index (χ3n) is 3.73. The number of benzene rings is 1. The van der Waals surface area contributed by atoms with E-state index < -0.39 is 23.6 Å². The summed E-state index contributed by atoms with van der Waals surface area (Å²) in [4.78, 5) is 35.9. The fourth-order valence-electron chi connectivity index (χ4n) is 2.59. The fraction of sp³-hybridized carbons (Fsp3) is 0.400. The van der Waals surface area contributed by atoms with Crippen molar-refractivity contribution in [1.82, 2.24) is 4.90 Å². The predicted octanol–water partition coefficient (Wildman–Crippen LogP) is 1.58. The number of carbonyl (C=O) groups excluding carboxylic acids is 2. The van der Waals surface area contributed by atoms with Crippen LogP contribution in [0.4, 0.5) is 10.1 Å². The Bertz CT molecular complexity index is 632. The first-order valence-electron chi connectivity index (χ1n) is 6.88. The lowest BCUT2D eigenvalue weighted by molar-refractivity contribution is -0.142. The molecule has 22 heavy (non-hydrogen) atoms. The van der Waals surface area contributed by atoms with E-state index in [9.17, 15) is 18.8 Å². The number of anilines is 1. The Morgan fingerprint density at radius 3 is 2.55 bits per heavy atom. The number of rotatable bonds is 3. The zero-order valence-corrected chi connectivity index (χ0v) is 12.3. The molecule has 1 aliphatic heterocycles. The van der Waals surface area contributed by atoms with Crippen LogP contribution < -0.4 is 5.32 Å². The number of carboxylic acid groups (broad SMARTS) is 1. The van der Waals surface area contributed by atoms with Gasteiger partial charge in [0.05, 0.1) is 11.5 Å². The van der Waals surface area contributed by atoms with Gasteiger partial charge in [0, 0.05) is 25.7 Å². The van der Waals surface area contributed by atoms with E-state index in [-0.39, 0.29) is 30.5 Å². The minimum Gasteiger partial charge on any atom is -0.481 e. The molecule has 0 unspecified atom stereocenters. The number of aliphatic carboxylic acids is 1. The van der Waals surface area contributed by atoms with Gasteiger partial charge in [-0.2, -0.15) is 0 Å². The summed E-state index contributed by atoms with van der Waals surface area (Å²) in [7, 11) is 0. The van der Waals surface area contributed by atoms with Gasteiger partial charge in [0.15, 0.2) is 0 Å². The molecule has 1 aliphatic rings. The van der Waals surface area contributed by atoms with Crippen LogP contribution in [-0.2, 0) is 9.59 Å². The molecule has 0 saturated carbocycles. The summed E-state index contributed by atoms with van der Waals surface area (Å²) >= 11 is 0. The second-order valence-electron chi connectivity index (χ2n) is 5.51. The highest BCUT2D eigenvalue weighted by molar-refractivity contribution is 5.97. The van der Waals surface area contributed by atoms with Crippen LogP contribution in [0.5, 0.6) is 0 Å². The average molecular weight is 308 g/mol. The highest BCUT2D eigenvalue weighted by Crippen LogP contribution is 2.26. The molecule has 1 aromatic carbocycles. The summed E-state index contributed by atoms with van der Waals surface area (Å²) in [6.07, 6.45) is 0. The Balaban J connectivity index is 2.23. The molecule has 0 bridgehead atoms. The van der Waals surface area contributed by atoms with Gasteiger partial charge in [0.25, 0.3) is 5.91 Å². The van der Waals surface area contributed by atoms with E-state index in [1.54, 1.807) is 6.92 Å². The fourth-order valence-corrected chi connectivity index (χ4v) is 2.59. The van der Waals surface area contributed by atoms with Gasteiger partial charge in [-0.1, -0.05) is 6.92 Å². The molecule has 2 rings (SSSR count). The minimum atomic E-state index is -0.963. The van der Waals surface area contributed by atoms with Crippen molar-refractivity contribution in [2.75, 3.05) is 18.4 Å². The maximum atomic E-state index is 13.9. The van der Waals surface area contributed by atoms with Crippen molar-refractivity contribution >= 4 is 23.5 Å². The molecule has 1 aromatic rings. The van der Waals surface area contributed by atoms with Crippen LogP contribution in [0, 0.1) is 17.7 Å². The number of likely N-dealkylation sites (tertiary alicyclic amines) is 1. The predicted molar refractivity (Wildman–Crippen MR) is 76.9 cm³/mol. The third-order valence-corrected chi connectivity index (χ3v) is 3.73. The van der Waals surface area contributed by atoms with E-state index in [0.29, 0.717) is 5.69 Å². The lowest BCUT2D eigenvalue weighted by Gasteiger charge is -2.17. The van der Waals surface area contributed by atoms with Crippen LogP contribution in [0.3, 0.4) is 0 Å². The standard InChI is InChI=1S/C15H17FN2O4/c1-8-6-18(7-12(8)15(21)22)14(20)11-5-10(17-9(2)19)3-4-13(11)16/h3-5,8,12H,6-7H2,1-2H3,(H,17,19)(H,21,22)/t8-,12-/m1/s1. The number of amides is 2. The SMILES string of the molecule is CC(=O)Nc1ccc(F)c(C(=O)N2C[C@@H](C)[C@H](C(=O)O)C2)c1. The van der Waals surface area contributed by atoms with Gasteiger partial charge < -0.3 is 15.3 Å². The molecular weight excluding hydrogens is 291 g/mol. The number of nitrogens with one attached hydrogen (secondary N) is 1. The van der Waals surface area contributed by atoms with E-state index in [4.69, 9.17) is 5.11 Å². The molecule has 1 heterocycles. The van der Waals surface area contributed by atoms with Crippen LogP contribution in [0.25, 0.3) is 0 Å². The molecule has 0 radical (unpaired) electrons. The van der Waals surface area contributed by atoms with Gasteiger partial charge in [-0.05, 0) is 24.1 Å². The third kappa shape index (κ3) is 3.24. The first-order chi connectivity index (χ1) is 10.3. The van der Waals surface area contributed by atoms with Crippen LogP contribution in [0.15, 0.2) is 18.2 Å². The van der Waals surface area contributed by atoms with Gasteiger partial charge >= 0.3 is 5.97 Å². The molecule has 0 aromatic heterocycles. The molecular formula is C15H17FN2O4. The van der Waals surface area contributed by atoms with Gasteiger partial charge in [-0.25, -0.2) is 4.39 Å². The molecule has 1 fully saturated rings. The normalized spacial score (nSPS) is 20.8. The summed E-state index contributed by atoms with van der Waals surface area (Å²) in [6, 6.07) is 3.73. The quantitative estimate of drug-likeness (QED) is 0.887. The number of carboxylic acids is 1. The van der Waals surface area contributed by atoms with Crippen LogP contribution in [-0.4, -0.2) is 40.9 Å². The lowest BCUT2D eigenvalue weighted by atomic mass is 9.99. The van der Waals surface area contributed by atoms with Crippen molar-refractivity contribution < 1.29 is 23.9 Å². The van der Waals surface area contributed by atoms with Crippen LogP contribution in [0.1, 0.15) is 24.2 Å². The molecule has 0 spiro atoms. The van der Waals surface area contributed by atoms with Crippen molar-refractivity contribution in [1.29, 1.82) is 0 Å². The summed E-state index contributed by atoms with van der Waals surface area (Å²) in [5.74, 6) is -3.40. The number of hydrogen-bond acceptors (Lipinski definition) is 3.